The van der Waals surface area contributed by atoms with Gasteiger partial charge < -0.3 is 14.7 Å². The highest BCUT2D eigenvalue weighted by Crippen LogP contribution is 2.34. The number of nitrogens with one attached hydrogen (secondary N) is 2. The zero-order valence-electron chi connectivity index (χ0n) is 22.8. The van der Waals surface area contributed by atoms with Crippen LogP contribution in [0.5, 0.6) is 0 Å². The van der Waals surface area contributed by atoms with Gasteiger partial charge in [0.25, 0.3) is 0 Å². The number of H-pyrrole nitrogens is 2. The summed E-state index contributed by atoms with van der Waals surface area (Å²) in [6.45, 7) is 6.33. The number of pyridine rings is 1. The van der Waals surface area contributed by atoms with Crippen LogP contribution in [0.2, 0.25) is 0 Å². The van der Waals surface area contributed by atoms with Gasteiger partial charge in [-0.25, -0.2) is 19.7 Å². The first-order valence-electron chi connectivity index (χ1n) is 13.9. The molecule has 8 nitrogen and oxygen atoms in total. The molecule has 4 heterocycles. The first-order valence-corrected chi connectivity index (χ1v) is 13.9. The summed E-state index contributed by atoms with van der Waals surface area (Å²) in [6, 6.07) is 11.9. The molecule has 6 rings (SSSR count). The zero-order chi connectivity index (χ0) is 27.0. The third-order valence-corrected chi connectivity index (χ3v) is 7.43. The lowest BCUT2D eigenvalue weighted by Gasteiger charge is -2.27. The maximum atomic E-state index is 12.7. The summed E-state index contributed by atoms with van der Waals surface area (Å²) in [6.07, 6.45) is 8.28. The molecule has 1 atom stereocenters. The van der Waals surface area contributed by atoms with E-state index in [4.69, 9.17) is 9.72 Å². The number of imidazole rings is 2. The van der Waals surface area contributed by atoms with Gasteiger partial charge in [0.05, 0.1) is 23.4 Å². The number of benzene rings is 1. The minimum atomic E-state index is -0.524. The average molecular weight is 523 g/mol. The van der Waals surface area contributed by atoms with Crippen molar-refractivity contribution in [3.8, 4) is 23.1 Å². The predicted octanol–water partition coefficient (Wildman–Crippen LogP) is 6.48. The molecule has 200 valence electrons. The molecule has 0 spiro atoms. The number of ether oxygens (including phenoxy) is 1. The van der Waals surface area contributed by atoms with Gasteiger partial charge in [0, 0.05) is 18.0 Å². The largest absolute Gasteiger partial charge is 0.444 e. The third kappa shape index (κ3) is 5.53. The van der Waals surface area contributed by atoms with Gasteiger partial charge in [0.1, 0.15) is 22.9 Å². The van der Waals surface area contributed by atoms with Crippen LogP contribution in [0.25, 0.3) is 22.4 Å². The van der Waals surface area contributed by atoms with Gasteiger partial charge in [-0.1, -0.05) is 30.9 Å². The van der Waals surface area contributed by atoms with Gasteiger partial charge in [-0.15, -0.1) is 0 Å². The van der Waals surface area contributed by atoms with E-state index in [-0.39, 0.29) is 12.1 Å². The van der Waals surface area contributed by atoms with Crippen molar-refractivity contribution in [1.82, 2.24) is 29.8 Å². The third-order valence-electron chi connectivity index (χ3n) is 7.43. The van der Waals surface area contributed by atoms with Gasteiger partial charge in [0.2, 0.25) is 0 Å². The number of carbonyl (C=O) groups is 1. The van der Waals surface area contributed by atoms with Crippen molar-refractivity contribution in [3.05, 3.63) is 65.5 Å². The van der Waals surface area contributed by atoms with Crippen molar-refractivity contribution in [2.75, 3.05) is 6.54 Å². The molecule has 1 aromatic carbocycles. The summed E-state index contributed by atoms with van der Waals surface area (Å²) >= 11 is 0. The Bertz CT molecular complexity index is 1540. The smallest absolute Gasteiger partial charge is 0.410 e. The van der Waals surface area contributed by atoms with Crippen LogP contribution in [0.1, 0.15) is 94.2 Å². The molecule has 3 aromatic heterocycles. The summed E-state index contributed by atoms with van der Waals surface area (Å²) in [5.74, 6) is 8.77. The molecule has 1 unspecified atom stereocenters. The van der Waals surface area contributed by atoms with Crippen molar-refractivity contribution in [1.29, 1.82) is 0 Å². The lowest BCUT2D eigenvalue weighted by atomic mass is 10.1. The standard InChI is InChI=1S/C31H34N6O2/c1-31(2,3)39-30(38)37-18-6-9-26(37)29-32-19-25(35-29)21-13-10-20(11-14-21)12-15-23-16-17-24-28(33-23)36-27(34-24)22-7-4-5-8-22/h10-11,13-14,16-17,19,22,26H,4-9,18H2,1-3H3,(H,32,35)(H,33,34,36). The SMILES string of the molecule is CC(C)(C)OC(=O)N1CCCC1c1ncc(-c2ccc(C#Cc3ccc4[nH]c(C5CCCC5)nc4n3)cc2)[nH]1. The van der Waals surface area contributed by atoms with Crippen molar-refractivity contribution in [2.24, 2.45) is 0 Å². The number of aromatic amines is 2. The molecule has 1 aliphatic carbocycles. The minimum Gasteiger partial charge on any atom is -0.444 e. The fourth-order valence-corrected chi connectivity index (χ4v) is 5.49. The van der Waals surface area contributed by atoms with Crippen molar-refractivity contribution in [2.45, 2.75) is 76.9 Å². The zero-order valence-corrected chi connectivity index (χ0v) is 22.8. The van der Waals surface area contributed by atoms with E-state index in [2.05, 4.69) is 31.8 Å². The molecule has 2 aliphatic rings. The number of aromatic nitrogens is 5. The van der Waals surface area contributed by atoms with E-state index in [1.165, 1.54) is 25.7 Å². The number of rotatable bonds is 3. The number of hydrogen-bond donors (Lipinski definition) is 2. The van der Waals surface area contributed by atoms with Crippen molar-refractivity contribution >= 4 is 17.3 Å². The summed E-state index contributed by atoms with van der Waals surface area (Å²) in [5.41, 5.74) is 4.71. The predicted molar refractivity (Wildman–Crippen MR) is 150 cm³/mol. The molecule has 2 fully saturated rings. The van der Waals surface area contributed by atoms with Gasteiger partial charge in [-0.3, -0.25) is 4.90 Å². The maximum Gasteiger partial charge on any atom is 0.410 e. The lowest BCUT2D eigenvalue weighted by molar-refractivity contribution is 0.0218. The number of nitrogens with zero attached hydrogens (tertiary/aromatic N) is 4. The van der Waals surface area contributed by atoms with Gasteiger partial charge >= 0.3 is 6.09 Å². The van der Waals surface area contributed by atoms with E-state index < -0.39 is 5.60 Å². The molecule has 1 saturated heterocycles. The summed E-state index contributed by atoms with van der Waals surface area (Å²) in [5, 5.41) is 0. The quantitative estimate of drug-likeness (QED) is 0.300. The summed E-state index contributed by atoms with van der Waals surface area (Å²) in [4.78, 5) is 35.3. The van der Waals surface area contributed by atoms with Crippen LogP contribution in [0.3, 0.4) is 0 Å². The normalized spacial score (nSPS) is 17.9. The Kier molecular flexibility index (Phi) is 6.59. The van der Waals surface area contributed by atoms with Crippen LogP contribution in [-0.2, 0) is 4.74 Å². The maximum absolute atomic E-state index is 12.7. The van der Waals surface area contributed by atoms with Crippen molar-refractivity contribution < 1.29 is 9.53 Å². The molecule has 1 amide bonds. The van der Waals surface area contributed by atoms with Crippen LogP contribution in [0.4, 0.5) is 4.79 Å². The second-order valence-electron chi connectivity index (χ2n) is 11.5. The van der Waals surface area contributed by atoms with Crippen LogP contribution in [-0.4, -0.2) is 48.1 Å². The van der Waals surface area contributed by atoms with Crippen molar-refractivity contribution in [3.63, 3.8) is 0 Å². The van der Waals surface area contributed by atoms with Gasteiger partial charge in [-0.05, 0) is 82.2 Å². The van der Waals surface area contributed by atoms with Gasteiger partial charge in [-0.2, -0.15) is 0 Å². The molecular weight excluding hydrogens is 488 g/mol. The van der Waals surface area contributed by atoms with E-state index in [0.29, 0.717) is 18.2 Å². The molecule has 2 N–H and O–H groups in total. The Balaban J connectivity index is 1.14. The number of likely N-dealkylation sites (tertiary alicyclic amines) is 1. The number of carbonyl (C=O) groups excluding carboxylic acids is 1. The molecule has 1 aliphatic heterocycles. The highest BCUT2D eigenvalue weighted by Gasteiger charge is 2.34. The van der Waals surface area contributed by atoms with E-state index >= 15 is 0 Å². The van der Waals surface area contributed by atoms with E-state index in [1.807, 2.05) is 63.4 Å². The highest BCUT2D eigenvalue weighted by molar-refractivity contribution is 5.72. The second kappa shape index (κ2) is 10.2. The van der Waals surface area contributed by atoms with E-state index in [9.17, 15) is 4.79 Å². The number of amides is 1. The molecule has 0 radical (unpaired) electrons. The second-order valence-corrected chi connectivity index (χ2v) is 11.5. The summed E-state index contributed by atoms with van der Waals surface area (Å²) in [7, 11) is 0. The molecule has 4 aromatic rings. The Hall–Kier alpha value is -4.12. The van der Waals surface area contributed by atoms with E-state index in [1.54, 1.807) is 4.90 Å². The Morgan fingerprint density at radius 1 is 0.949 bits per heavy atom. The Labute approximate surface area is 228 Å². The molecular formula is C31H34N6O2. The first kappa shape index (κ1) is 25.2. The Morgan fingerprint density at radius 3 is 2.51 bits per heavy atom. The molecule has 1 saturated carbocycles. The fourth-order valence-electron chi connectivity index (χ4n) is 5.49. The Morgan fingerprint density at radius 2 is 1.74 bits per heavy atom. The van der Waals surface area contributed by atoms with Crippen LogP contribution < -0.4 is 0 Å². The first-order chi connectivity index (χ1) is 18.8. The van der Waals surface area contributed by atoms with Gasteiger partial charge in [0.15, 0.2) is 5.65 Å². The molecule has 8 heteroatoms. The molecule has 0 bridgehead atoms. The van der Waals surface area contributed by atoms with Crippen LogP contribution in [0.15, 0.2) is 42.6 Å². The minimum absolute atomic E-state index is 0.104. The number of fused-ring (bicyclic) bond motifs is 1. The van der Waals surface area contributed by atoms with E-state index in [0.717, 1.165) is 52.5 Å². The summed E-state index contributed by atoms with van der Waals surface area (Å²) < 4.78 is 5.60. The monoisotopic (exact) mass is 522 g/mol. The van der Waals surface area contributed by atoms with Crippen LogP contribution in [0, 0.1) is 11.8 Å². The lowest BCUT2D eigenvalue weighted by Crippen LogP contribution is -2.36. The topological polar surface area (TPSA) is 99.8 Å². The molecule has 39 heavy (non-hydrogen) atoms. The number of hydrogen-bond acceptors (Lipinski definition) is 5. The average Bonchev–Trinajstić information content (AvgIpc) is 3.72. The fraction of sp³-hybridized carbons (Fsp3) is 0.419. The highest BCUT2D eigenvalue weighted by atomic mass is 16.6. The van der Waals surface area contributed by atoms with Crippen LogP contribution >= 0.6 is 0 Å².